The Bertz CT molecular complexity index is 213. The monoisotopic (exact) mass is 155 g/mol. The van der Waals surface area contributed by atoms with Crippen molar-refractivity contribution in [3.05, 3.63) is 0 Å². The summed E-state index contributed by atoms with van der Waals surface area (Å²) < 4.78 is 0. The fraction of sp³-hybridized carbons (Fsp3) is 0.600. The van der Waals surface area contributed by atoms with Gasteiger partial charge in [-0.1, -0.05) is 0 Å². The molecule has 2 aliphatic rings. The maximum absolute atomic E-state index is 11.1. The van der Waals surface area contributed by atoms with Gasteiger partial charge in [0.05, 0.1) is 6.54 Å². The molecule has 1 fully saturated rings. The summed E-state index contributed by atoms with van der Waals surface area (Å²) in [6.07, 6.45) is 0. The highest BCUT2D eigenvalue weighted by Crippen LogP contribution is 1.94. The van der Waals surface area contributed by atoms with Gasteiger partial charge in [-0.3, -0.25) is 26.0 Å². The number of nitrogens with zero attached hydrogens (tertiary/aromatic N) is 1. The van der Waals surface area contributed by atoms with Gasteiger partial charge in [-0.2, -0.15) is 0 Å². The van der Waals surface area contributed by atoms with E-state index in [1.54, 1.807) is 0 Å². The van der Waals surface area contributed by atoms with Crippen molar-refractivity contribution in [3.63, 3.8) is 0 Å². The second-order valence-corrected chi connectivity index (χ2v) is 2.39. The Kier molecular flexibility index (Phi) is 1.48. The lowest BCUT2D eigenvalue weighted by Gasteiger charge is -2.29. The number of fused-ring (bicyclic) bond motifs is 1. The third kappa shape index (κ3) is 1.06. The van der Waals surface area contributed by atoms with E-state index in [9.17, 15) is 4.79 Å². The van der Waals surface area contributed by atoms with Gasteiger partial charge in [0.1, 0.15) is 11.9 Å². The predicted octanol–water partition coefficient (Wildman–Crippen LogP) is -2.50. The zero-order chi connectivity index (χ0) is 7.68. The molecule has 2 aliphatic heterocycles. The minimum absolute atomic E-state index is 0.0952. The molecule has 1 unspecified atom stereocenters. The third-order valence-corrected chi connectivity index (χ3v) is 1.65. The van der Waals surface area contributed by atoms with Gasteiger partial charge in [0.15, 0.2) is 0 Å². The van der Waals surface area contributed by atoms with Gasteiger partial charge in [-0.15, -0.1) is 5.53 Å². The minimum Gasteiger partial charge on any atom is -0.298 e. The van der Waals surface area contributed by atoms with E-state index >= 15 is 0 Å². The molecule has 2 heterocycles. The highest BCUT2D eigenvalue weighted by atomic mass is 16.2. The SMILES string of the molecule is O=C1NNNC2=NCCNC12. The van der Waals surface area contributed by atoms with Gasteiger partial charge in [0.25, 0.3) is 5.91 Å². The highest BCUT2D eigenvalue weighted by molar-refractivity contribution is 6.08. The van der Waals surface area contributed by atoms with Gasteiger partial charge in [-0.25, -0.2) is 0 Å². The van der Waals surface area contributed by atoms with Gasteiger partial charge >= 0.3 is 0 Å². The number of aliphatic imine (C=N–C) groups is 1. The molecule has 0 spiro atoms. The molecule has 0 radical (unpaired) electrons. The van der Waals surface area contributed by atoms with Crippen LogP contribution in [0.2, 0.25) is 0 Å². The quantitative estimate of drug-likeness (QED) is 0.312. The van der Waals surface area contributed by atoms with Crippen LogP contribution in [0.3, 0.4) is 0 Å². The number of rotatable bonds is 0. The summed E-state index contributed by atoms with van der Waals surface area (Å²) in [6.45, 7) is 1.47. The molecule has 6 nitrogen and oxygen atoms in total. The Hall–Kier alpha value is -1.14. The summed E-state index contributed by atoms with van der Waals surface area (Å²) >= 11 is 0. The Morgan fingerprint density at radius 2 is 2.36 bits per heavy atom. The lowest BCUT2D eigenvalue weighted by Crippen LogP contribution is -2.68. The molecule has 0 aromatic rings. The molecular weight excluding hydrogens is 146 g/mol. The maximum atomic E-state index is 11.1. The van der Waals surface area contributed by atoms with Crippen LogP contribution >= 0.6 is 0 Å². The van der Waals surface area contributed by atoms with Crippen LogP contribution in [-0.2, 0) is 4.79 Å². The minimum atomic E-state index is -0.301. The number of carbonyl (C=O) groups is 1. The van der Waals surface area contributed by atoms with E-state index in [1.807, 2.05) is 0 Å². The highest BCUT2D eigenvalue weighted by Gasteiger charge is 2.29. The number of hydrogen-bond donors (Lipinski definition) is 4. The summed E-state index contributed by atoms with van der Waals surface area (Å²) in [5, 5.41) is 3.03. The van der Waals surface area contributed by atoms with Crippen molar-refractivity contribution in [3.8, 4) is 0 Å². The van der Waals surface area contributed by atoms with Crippen molar-refractivity contribution in [2.45, 2.75) is 6.04 Å². The van der Waals surface area contributed by atoms with Crippen LogP contribution in [-0.4, -0.2) is 30.9 Å². The second kappa shape index (κ2) is 2.48. The van der Waals surface area contributed by atoms with E-state index in [2.05, 4.69) is 26.7 Å². The van der Waals surface area contributed by atoms with E-state index in [0.717, 1.165) is 6.54 Å². The molecule has 0 aliphatic carbocycles. The molecule has 60 valence electrons. The standard InChI is InChI=1S/C5H9N5O/c11-5-3-4(8-10-9-5)7-2-1-6-3/h3,6,10H,1-2H2,(H,7,8)(H,9,11). The van der Waals surface area contributed by atoms with Gasteiger partial charge in [-0.05, 0) is 0 Å². The third-order valence-electron chi connectivity index (χ3n) is 1.65. The maximum Gasteiger partial charge on any atom is 0.260 e. The van der Waals surface area contributed by atoms with Crippen LogP contribution in [0.1, 0.15) is 0 Å². The van der Waals surface area contributed by atoms with Crippen LogP contribution in [0.5, 0.6) is 0 Å². The van der Waals surface area contributed by atoms with Crippen molar-refractivity contribution in [2.24, 2.45) is 4.99 Å². The van der Waals surface area contributed by atoms with E-state index in [4.69, 9.17) is 0 Å². The molecule has 0 aromatic carbocycles. The van der Waals surface area contributed by atoms with Crippen LogP contribution in [0.15, 0.2) is 4.99 Å². The molecule has 0 aromatic heterocycles. The summed E-state index contributed by atoms with van der Waals surface area (Å²) in [7, 11) is 0. The van der Waals surface area contributed by atoms with Gasteiger partial charge in [0.2, 0.25) is 0 Å². The van der Waals surface area contributed by atoms with E-state index in [0.29, 0.717) is 12.4 Å². The molecule has 2 rings (SSSR count). The Morgan fingerprint density at radius 1 is 1.45 bits per heavy atom. The smallest absolute Gasteiger partial charge is 0.260 e. The fourth-order valence-electron chi connectivity index (χ4n) is 1.13. The first-order chi connectivity index (χ1) is 5.38. The lowest BCUT2D eigenvalue weighted by molar-refractivity contribution is -0.123. The van der Waals surface area contributed by atoms with Crippen molar-refractivity contribution < 1.29 is 4.79 Å². The predicted molar refractivity (Wildman–Crippen MR) is 38.5 cm³/mol. The number of nitrogens with one attached hydrogen (secondary N) is 4. The molecule has 1 saturated heterocycles. The van der Waals surface area contributed by atoms with Crippen molar-refractivity contribution in [2.75, 3.05) is 13.1 Å². The number of amides is 1. The van der Waals surface area contributed by atoms with Gasteiger partial charge < -0.3 is 0 Å². The first kappa shape index (κ1) is 6.56. The Morgan fingerprint density at radius 3 is 3.18 bits per heavy atom. The van der Waals surface area contributed by atoms with Crippen molar-refractivity contribution in [1.82, 2.24) is 21.7 Å². The molecule has 0 bridgehead atoms. The summed E-state index contributed by atoms with van der Waals surface area (Å²) in [5.74, 6) is 0.571. The van der Waals surface area contributed by atoms with E-state index in [-0.39, 0.29) is 11.9 Å². The average molecular weight is 155 g/mol. The van der Waals surface area contributed by atoms with E-state index in [1.165, 1.54) is 0 Å². The first-order valence-corrected chi connectivity index (χ1v) is 3.46. The molecule has 0 saturated carbocycles. The second-order valence-electron chi connectivity index (χ2n) is 2.39. The molecule has 1 atom stereocenters. The Labute approximate surface area is 63.4 Å². The normalized spacial score (nSPS) is 29.6. The van der Waals surface area contributed by atoms with Crippen molar-refractivity contribution in [1.29, 1.82) is 0 Å². The number of amidine groups is 1. The number of hydrazine groups is 2. The number of carbonyl (C=O) groups excluding carboxylic acids is 1. The van der Waals surface area contributed by atoms with E-state index < -0.39 is 0 Å². The molecule has 4 N–H and O–H groups in total. The first-order valence-electron chi connectivity index (χ1n) is 3.46. The van der Waals surface area contributed by atoms with Crippen LogP contribution < -0.4 is 21.7 Å². The summed E-state index contributed by atoms with van der Waals surface area (Å²) in [6, 6.07) is -0.301. The van der Waals surface area contributed by atoms with Crippen LogP contribution in [0, 0.1) is 0 Å². The topological polar surface area (TPSA) is 77.6 Å². The van der Waals surface area contributed by atoms with Gasteiger partial charge in [0, 0.05) is 6.54 Å². The molecule has 11 heavy (non-hydrogen) atoms. The van der Waals surface area contributed by atoms with Crippen molar-refractivity contribution >= 4 is 11.7 Å². The fourth-order valence-corrected chi connectivity index (χ4v) is 1.13. The lowest BCUT2D eigenvalue weighted by atomic mass is 10.2. The molecular formula is C5H9N5O. The average Bonchev–Trinajstić information content (AvgIpc) is 2.06. The zero-order valence-electron chi connectivity index (χ0n) is 5.85. The van der Waals surface area contributed by atoms with Crippen LogP contribution in [0.25, 0.3) is 0 Å². The summed E-state index contributed by atoms with van der Waals surface area (Å²) in [5.41, 5.74) is 7.71. The molecule has 1 amide bonds. The largest absolute Gasteiger partial charge is 0.298 e. The zero-order valence-corrected chi connectivity index (χ0v) is 5.85. The Balaban J connectivity index is 2.20. The molecule has 6 heteroatoms. The number of hydrogen-bond acceptors (Lipinski definition) is 5. The summed E-state index contributed by atoms with van der Waals surface area (Å²) in [4.78, 5) is 15.2. The van der Waals surface area contributed by atoms with Crippen LogP contribution in [0.4, 0.5) is 0 Å².